The van der Waals surface area contributed by atoms with Crippen LogP contribution in [0.3, 0.4) is 0 Å². The second-order valence-corrected chi connectivity index (χ2v) is 7.25. The Bertz CT molecular complexity index is 1180. The first kappa shape index (κ1) is 21.0. The number of para-hydroxylation sites is 1. The molecule has 0 spiro atoms. The van der Waals surface area contributed by atoms with Crippen LogP contribution >= 0.6 is 0 Å². The van der Waals surface area contributed by atoms with Gasteiger partial charge in [-0.2, -0.15) is 0 Å². The van der Waals surface area contributed by atoms with Gasteiger partial charge in [0, 0.05) is 16.9 Å². The van der Waals surface area contributed by atoms with Gasteiger partial charge in [0.15, 0.2) is 6.10 Å². The van der Waals surface area contributed by atoms with E-state index in [2.05, 4.69) is 10.6 Å². The molecule has 8 heteroatoms. The van der Waals surface area contributed by atoms with E-state index in [1.807, 2.05) is 6.07 Å². The standard InChI is InChI=1S/C24H20FN3O4/c1-15-24(31)28(14-22(29)26-18-8-3-2-4-9-18)20-13-19(10-11-21(20)32-15)27-23(30)16-6-5-7-17(25)12-16/h2-13,15H,14H2,1H3,(H,26,29)(H,27,30). The molecular weight excluding hydrogens is 413 g/mol. The zero-order valence-electron chi connectivity index (χ0n) is 17.2. The van der Waals surface area contributed by atoms with Gasteiger partial charge in [-0.3, -0.25) is 19.3 Å². The number of nitrogens with one attached hydrogen (secondary N) is 2. The molecule has 3 aromatic rings. The minimum absolute atomic E-state index is 0.155. The normalized spacial score (nSPS) is 14.9. The van der Waals surface area contributed by atoms with Crippen LogP contribution in [0.2, 0.25) is 0 Å². The highest BCUT2D eigenvalue weighted by Gasteiger charge is 2.33. The first-order valence-corrected chi connectivity index (χ1v) is 9.94. The Labute approximate surface area is 183 Å². The Morgan fingerprint density at radius 3 is 2.50 bits per heavy atom. The summed E-state index contributed by atoms with van der Waals surface area (Å²) < 4.78 is 19.1. The van der Waals surface area contributed by atoms with Crippen molar-refractivity contribution in [3.05, 3.63) is 84.2 Å². The highest BCUT2D eigenvalue weighted by atomic mass is 19.1. The van der Waals surface area contributed by atoms with Gasteiger partial charge in [0.2, 0.25) is 5.91 Å². The minimum Gasteiger partial charge on any atom is -0.479 e. The molecule has 1 aliphatic rings. The summed E-state index contributed by atoms with van der Waals surface area (Å²) in [6.07, 6.45) is -0.764. The fourth-order valence-electron chi connectivity index (χ4n) is 3.35. The van der Waals surface area contributed by atoms with Crippen LogP contribution in [-0.2, 0) is 9.59 Å². The van der Waals surface area contributed by atoms with Crippen molar-refractivity contribution in [3.63, 3.8) is 0 Å². The zero-order chi connectivity index (χ0) is 22.7. The molecule has 0 saturated carbocycles. The Kier molecular flexibility index (Phi) is 5.85. The third kappa shape index (κ3) is 4.59. The van der Waals surface area contributed by atoms with Crippen molar-refractivity contribution >= 4 is 34.8 Å². The van der Waals surface area contributed by atoms with Gasteiger partial charge >= 0.3 is 0 Å². The summed E-state index contributed by atoms with van der Waals surface area (Å²) in [5.74, 6) is -1.37. The van der Waals surface area contributed by atoms with Crippen molar-refractivity contribution in [2.45, 2.75) is 13.0 Å². The van der Waals surface area contributed by atoms with Crippen molar-refractivity contribution in [3.8, 4) is 5.75 Å². The smallest absolute Gasteiger partial charge is 0.268 e. The molecule has 0 fully saturated rings. The lowest BCUT2D eigenvalue weighted by atomic mass is 10.1. The van der Waals surface area contributed by atoms with Gasteiger partial charge in [-0.1, -0.05) is 24.3 Å². The van der Waals surface area contributed by atoms with E-state index < -0.39 is 17.8 Å². The lowest BCUT2D eigenvalue weighted by Gasteiger charge is -2.33. The molecule has 1 aliphatic heterocycles. The maximum absolute atomic E-state index is 13.4. The number of carbonyl (C=O) groups excluding carboxylic acids is 3. The molecule has 7 nitrogen and oxygen atoms in total. The molecule has 162 valence electrons. The van der Waals surface area contributed by atoms with Gasteiger partial charge in [0.1, 0.15) is 18.1 Å². The number of ether oxygens (including phenoxy) is 1. The number of carbonyl (C=O) groups is 3. The van der Waals surface area contributed by atoms with E-state index in [0.717, 1.165) is 6.07 Å². The second kappa shape index (κ2) is 8.89. The van der Waals surface area contributed by atoms with Gasteiger partial charge in [-0.05, 0) is 55.5 Å². The van der Waals surface area contributed by atoms with Crippen LogP contribution in [0.5, 0.6) is 5.75 Å². The lowest BCUT2D eigenvalue weighted by Crippen LogP contribution is -2.47. The van der Waals surface area contributed by atoms with Crippen LogP contribution in [0, 0.1) is 5.82 Å². The molecule has 0 aliphatic carbocycles. The van der Waals surface area contributed by atoms with Gasteiger partial charge in [-0.25, -0.2) is 4.39 Å². The van der Waals surface area contributed by atoms with E-state index in [-0.39, 0.29) is 23.9 Å². The summed E-state index contributed by atoms with van der Waals surface area (Å²) in [5, 5.41) is 5.43. The molecule has 1 unspecified atom stereocenters. The molecule has 3 aromatic carbocycles. The van der Waals surface area contributed by atoms with E-state index >= 15 is 0 Å². The number of halogens is 1. The fraction of sp³-hybridized carbons (Fsp3) is 0.125. The number of benzene rings is 3. The lowest BCUT2D eigenvalue weighted by molar-refractivity contribution is -0.127. The molecule has 1 heterocycles. The number of nitrogens with zero attached hydrogens (tertiary/aromatic N) is 1. The highest BCUT2D eigenvalue weighted by Crippen LogP contribution is 2.36. The summed E-state index contributed by atoms with van der Waals surface area (Å²) >= 11 is 0. The summed E-state index contributed by atoms with van der Waals surface area (Å²) in [6, 6.07) is 19.0. The Balaban J connectivity index is 1.56. The average Bonchev–Trinajstić information content (AvgIpc) is 2.78. The second-order valence-electron chi connectivity index (χ2n) is 7.25. The molecule has 0 aromatic heterocycles. The molecule has 0 bridgehead atoms. The fourth-order valence-corrected chi connectivity index (χ4v) is 3.35. The summed E-state index contributed by atoms with van der Waals surface area (Å²) in [7, 11) is 0. The van der Waals surface area contributed by atoms with Crippen molar-refractivity contribution in [2.75, 3.05) is 22.1 Å². The maximum atomic E-state index is 13.4. The Morgan fingerprint density at radius 1 is 0.969 bits per heavy atom. The number of hydrogen-bond acceptors (Lipinski definition) is 4. The first-order valence-electron chi connectivity index (χ1n) is 9.94. The van der Waals surface area contributed by atoms with Gasteiger partial charge < -0.3 is 15.4 Å². The van der Waals surface area contributed by atoms with Gasteiger partial charge in [0.25, 0.3) is 11.8 Å². The van der Waals surface area contributed by atoms with Crippen LogP contribution in [0.4, 0.5) is 21.5 Å². The van der Waals surface area contributed by atoms with Crippen molar-refractivity contribution in [1.82, 2.24) is 0 Å². The molecule has 4 rings (SSSR count). The van der Waals surface area contributed by atoms with Gasteiger partial charge in [0.05, 0.1) is 5.69 Å². The monoisotopic (exact) mass is 433 g/mol. The number of hydrogen-bond donors (Lipinski definition) is 2. The largest absolute Gasteiger partial charge is 0.479 e. The van der Waals surface area contributed by atoms with Crippen LogP contribution in [0.15, 0.2) is 72.8 Å². The molecule has 1 atom stereocenters. The van der Waals surface area contributed by atoms with E-state index in [9.17, 15) is 18.8 Å². The quantitative estimate of drug-likeness (QED) is 0.640. The van der Waals surface area contributed by atoms with Gasteiger partial charge in [-0.15, -0.1) is 0 Å². The van der Waals surface area contributed by atoms with Crippen molar-refractivity contribution < 1.29 is 23.5 Å². The molecule has 3 amide bonds. The number of rotatable bonds is 5. The highest BCUT2D eigenvalue weighted by molar-refractivity contribution is 6.08. The third-order valence-corrected chi connectivity index (χ3v) is 4.87. The third-order valence-electron chi connectivity index (χ3n) is 4.87. The maximum Gasteiger partial charge on any atom is 0.268 e. The minimum atomic E-state index is -0.764. The van der Waals surface area contributed by atoms with Crippen LogP contribution in [-0.4, -0.2) is 30.4 Å². The van der Waals surface area contributed by atoms with E-state index in [0.29, 0.717) is 22.8 Å². The number of amides is 3. The predicted octanol–water partition coefficient (Wildman–Crippen LogP) is 3.83. The zero-order valence-corrected chi connectivity index (χ0v) is 17.2. The topological polar surface area (TPSA) is 87.7 Å². The molecule has 2 N–H and O–H groups in total. The first-order chi connectivity index (χ1) is 15.4. The van der Waals surface area contributed by atoms with Crippen molar-refractivity contribution in [1.29, 1.82) is 0 Å². The molecule has 0 saturated heterocycles. The number of anilines is 3. The molecular formula is C24H20FN3O4. The SMILES string of the molecule is CC1Oc2ccc(NC(=O)c3cccc(F)c3)cc2N(CC(=O)Nc2ccccc2)C1=O. The summed E-state index contributed by atoms with van der Waals surface area (Å²) in [6.45, 7) is 1.38. The molecule has 0 radical (unpaired) electrons. The summed E-state index contributed by atoms with van der Waals surface area (Å²) in [5.41, 5.74) is 1.50. The van der Waals surface area contributed by atoms with E-state index in [1.54, 1.807) is 49.4 Å². The Hall–Kier alpha value is -4.20. The average molecular weight is 433 g/mol. The van der Waals surface area contributed by atoms with Crippen LogP contribution < -0.4 is 20.3 Å². The van der Waals surface area contributed by atoms with E-state index in [1.165, 1.54) is 23.1 Å². The number of fused-ring (bicyclic) bond motifs is 1. The van der Waals surface area contributed by atoms with E-state index in [4.69, 9.17) is 4.74 Å². The predicted molar refractivity (Wildman–Crippen MR) is 118 cm³/mol. The molecule has 32 heavy (non-hydrogen) atoms. The summed E-state index contributed by atoms with van der Waals surface area (Å²) in [4.78, 5) is 39.1. The Morgan fingerprint density at radius 2 is 1.75 bits per heavy atom. The van der Waals surface area contributed by atoms with Crippen molar-refractivity contribution in [2.24, 2.45) is 0 Å². The van der Waals surface area contributed by atoms with Crippen LogP contribution in [0.1, 0.15) is 17.3 Å². The van der Waals surface area contributed by atoms with Crippen LogP contribution in [0.25, 0.3) is 0 Å².